The van der Waals surface area contributed by atoms with E-state index < -0.39 is 0 Å². The Morgan fingerprint density at radius 3 is 2.86 bits per heavy atom. The lowest BCUT2D eigenvalue weighted by atomic mass is 10.2. The average molecular weight is 466 g/mol. The maximum absolute atomic E-state index is 6.08. The molecule has 0 aliphatic carbocycles. The first-order chi connectivity index (χ1) is 13.8. The van der Waals surface area contributed by atoms with Crippen molar-refractivity contribution in [3.05, 3.63) is 24.3 Å². The quantitative estimate of drug-likeness (QED) is 0.418. The highest BCUT2D eigenvalue weighted by atomic mass is 79.9. The van der Waals surface area contributed by atoms with Crippen molar-refractivity contribution in [3.8, 4) is 21.5 Å². The second-order valence-corrected chi connectivity index (χ2v) is 7.81. The Bertz CT molecular complexity index is 926. The van der Waals surface area contributed by atoms with Crippen LogP contribution < -0.4 is 15.4 Å². The molecule has 0 unspecified atom stereocenters. The van der Waals surface area contributed by atoms with Crippen LogP contribution in [-0.2, 0) is 4.74 Å². The molecular weight excluding hydrogens is 446 g/mol. The van der Waals surface area contributed by atoms with Gasteiger partial charge in [0, 0.05) is 18.4 Å². The van der Waals surface area contributed by atoms with E-state index >= 15 is 0 Å². The van der Waals surface area contributed by atoms with E-state index in [1.54, 1.807) is 0 Å². The van der Waals surface area contributed by atoms with Crippen molar-refractivity contribution in [2.75, 3.05) is 48.9 Å². The lowest BCUT2D eigenvalue weighted by Crippen LogP contribution is -2.37. The topological polar surface area (TPSA) is 104 Å². The minimum atomic E-state index is 0.283. The van der Waals surface area contributed by atoms with Crippen molar-refractivity contribution in [1.29, 1.82) is 0 Å². The molecule has 0 amide bonds. The van der Waals surface area contributed by atoms with Crippen LogP contribution in [0.2, 0.25) is 0 Å². The number of ether oxygens (including phenoxy) is 2. The van der Waals surface area contributed by atoms with Gasteiger partial charge in [-0.05, 0) is 18.6 Å². The molecule has 28 heavy (non-hydrogen) atoms. The molecule has 1 saturated heterocycles. The smallest absolute Gasteiger partial charge is 0.247 e. The van der Waals surface area contributed by atoms with E-state index in [0.29, 0.717) is 30.9 Å². The summed E-state index contributed by atoms with van der Waals surface area (Å²) >= 11 is 4.81. The first kappa shape index (κ1) is 19.1. The van der Waals surface area contributed by atoms with E-state index in [2.05, 4.69) is 36.2 Å². The lowest BCUT2D eigenvalue weighted by molar-refractivity contribution is 0.122. The monoisotopic (exact) mass is 465 g/mol. The summed E-state index contributed by atoms with van der Waals surface area (Å²) in [5.41, 5.74) is 6.98. The predicted octanol–water partition coefficient (Wildman–Crippen LogP) is 2.37. The number of anilines is 2. The highest BCUT2D eigenvalue weighted by Crippen LogP contribution is 2.33. The zero-order valence-electron chi connectivity index (χ0n) is 15.1. The number of hydrogen-bond acceptors (Lipinski definition) is 9. The normalized spacial score (nSPS) is 14.4. The Kier molecular flexibility index (Phi) is 6.03. The molecule has 2 N–H and O–H groups in total. The van der Waals surface area contributed by atoms with Crippen molar-refractivity contribution in [2.45, 2.75) is 6.42 Å². The molecule has 4 rings (SSSR count). The van der Waals surface area contributed by atoms with Crippen molar-refractivity contribution in [3.63, 3.8) is 0 Å². The first-order valence-electron chi connectivity index (χ1n) is 8.93. The number of nitrogens with zero attached hydrogens (tertiary/aromatic N) is 6. The fraction of sp³-hybridized carbons (Fsp3) is 0.412. The molecule has 11 heteroatoms. The zero-order chi connectivity index (χ0) is 19.3. The molecule has 3 heterocycles. The summed E-state index contributed by atoms with van der Waals surface area (Å²) in [7, 11) is 0. The minimum absolute atomic E-state index is 0.283. The molecule has 9 nitrogen and oxygen atoms in total. The SMILES string of the molecule is Nc1nc(N2CCOCC2)nn1-c1nnc(-c2ccccc2OCCCBr)s1. The van der Waals surface area contributed by atoms with Crippen LogP contribution in [0.4, 0.5) is 11.9 Å². The molecule has 0 spiro atoms. The summed E-state index contributed by atoms with van der Waals surface area (Å²) in [6.07, 6.45) is 0.926. The number of rotatable bonds is 7. The number of nitrogen functional groups attached to an aromatic ring is 1. The zero-order valence-corrected chi connectivity index (χ0v) is 17.5. The van der Waals surface area contributed by atoms with E-state index in [-0.39, 0.29) is 5.95 Å². The van der Waals surface area contributed by atoms with Crippen LogP contribution in [0.15, 0.2) is 24.3 Å². The van der Waals surface area contributed by atoms with Crippen molar-refractivity contribution in [1.82, 2.24) is 25.0 Å². The molecule has 148 valence electrons. The number of aromatic nitrogens is 5. The third-order valence-electron chi connectivity index (χ3n) is 4.16. The Morgan fingerprint density at radius 1 is 1.21 bits per heavy atom. The number of nitrogens with two attached hydrogens (primary N) is 1. The van der Waals surface area contributed by atoms with Gasteiger partial charge in [0.15, 0.2) is 5.01 Å². The fourth-order valence-corrected chi connectivity index (χ4v) is 3.83. The van der Waals surface area contributed by atoms with Crippen LogP contribution in [0.3, 0.4) is 0 Å². The minimum Gasteiger partial charge on any atom is -0.493 e. The highest BCUT2D eigenvalue weighted by Gasteiger charge is 2.20. The standard InChI is InChI=1S/C17H20BrN7O2S/c18-6-3-9-27-13-5-2-1-4-12(13)14-21-22-17(28-14)25-15(19)20-16(23-25)24-7-10-26-11-8-24/h1-2,4-5H,3,6-11H2,(H2,19,20,23). The average Bonchev–Trinajstić information content (AvgIpc) is 3.36. The van der Waals surface area contributed by atoms with Crippen molar-refractivity contribution < 1.29 is 9.47 Å². The van der Waals surface area contributed by atoms with Gasteiger partial charge in [-0.3, -0.25) is 0 Å². The maximum Gasteiger partial charge on any atom is 0.247 e. The number of benzene rings is 1. The van der Waals surface area contributed by atoms with Gasteiger partial charge in [0.1, 0.15) is 5.75 Å². The second-order valence-electron chi connectivity index (χ2n) is 6.06. The number of alkyl halides is 1. The van der Waals surface area contributed by atoms with E-state index in [1.165, 1.54) is 16.0 Å². The number of morpholine rings is 1. The van der Waals surface area contributed by atoms with E-state index in [4.69, 9.17) is 15.2 Å². The number of halogens is 1. The molecule has 0 saturated carbocycles. The Labute approximate surface area is 174 Å². The van der Waals surface area contributed by atoms with E-state index in [1.807, 2.05) is 29.2 Å². The second kappa shape index (κ2) is 8.84. The van der Waals surface area contributed by atoms with Gasteiger partial charge in [0.05, 0.1) is 25.4 Å². The number of para-hydroxylation sites is 1. The molecule has 1 aliphatic heterocycles. The van der Waals surface area contributed by atoms with Gasteiger partial charge in [-0.1, -0.05) is 39.4 Å². The summed E-state index contributed by atoms with van der Waals surface area (Å²) in [4.78, 5) is 6.42. The van der Waals surface area contributed by atoms with Gasteiger partial charge in [-0.2, -0.15) is 9.67 Å². The fourth-order valence-electron chi connectivity index (χ4n) is 2.77. The van der Waals surface area contributed by atoms with Gasteiger partial charge in [-0.15, -0.1) is 15.3 Å². The van der Waals surface area contributed by atoms with Gasteiger partial charge in [0.2, 0.25) is 17.0 Å². The Balaban J connectivity index is 1.58. The van der Waals surface area contributed by atoms with Gasteiger partial charge >= 0.3 is 0 Å². The number of hydrogen-bond donors (Lipinski definition) is 1. The molecule has 2 aromatic heterocycles. The van der Waals surface area contributed by atoms with Crippen molar-refractivity contribution in [2.24, 2.45) is 0 Å². The summed E-state index contributed by atoms with van der Waals surface area (Å²) < 4.78 is 12.8. The summed E-state index contributed by atoms with van der Waals surface area (Å²) in [5, 5.41) is 15.3. The Morgan fingerprint density at radius 2 is 2.04 bits per heavy atom. The molecule has 0 atom stereocenters. The largest absolute Gasteiger partial charge is 0.493 e. The van der Waals surface area contributed by atoms with E-state index in [9.17, 15) is 0 Å². The molecule has 0 bridgehead atoms. The molecule has 1 aliphatic rings. The highest BCUT2D eigenvalue weighted by molar-refractivity contribution is 9.09. The summed E-state index contributed by atoms with van der Waals surface area (Å²) in [6.45, 7) is 3.42. The third-order valence-corrected chi connectivity index (χ3v) is 5.66. The van der Waals surface area contributed by atoms with Gasteiger partial charge in [0.25, 0.3) is 0 Å². The van der Waals surface area contributed by atoms with Gasteiger partial charge in [-0.25, -0.2) is 0 Å². The molecule has 1 fully saturated rings. The molecule has 0 radical (unpaired) electrons. The van der Waals surface area contributed by atoms with E-state index in [0.717, 1.165) is 41.2 Å². The van der Waals surface area contributed by atoms with Crippen LogP contribution >= 0.6 is 27.3 Å². The lowest BCUT2D eigenvalue weighted by Gasteiger charge is -2.25. The Hall–Kier alpha value is -2.24. The van der Waals surface area contributed by atoms with Crippen LogP contribution in [0.25, 0.3) is 15.7 Å². The first-order valence-corrected chi connectivity index (χ1v) is 10.9. The van der Waals surface area contributed by atoms with Gasteiger partial charge < -0.3 is 20.1 Å². The molecular formula is C17H20BrN7O2S. The summed E-state index contributed by atoms with van der Waals surface area (Å²) in [5.74, 6) is 1.65. The third kappa shape index (κ3) is 4.10. The van der Waals surface area contributed by atoms with Crippen molar-refractivity contribution >= 4 is 39.2 Å². The van der Waals surface area contributed by atoms with Crippen LogP contribution in [0, 0.1) is 0 Å². The van der Waals surface area contributed by atoms with Crippen LogP contribution in [0.1, 0.15) is 6.42 Å². The molecule has 1 aromatic carbocycles. The van der Waals surface area contributed by atoms with Crippen LogP contribution in [0.5, 0.6) is 5.75 Å². The van der Waals surface area contributed by atoms with Crippen LogP contribution in [-0.4, -0.2) is 63.2 Å². The predicted molar refractivity (Wildman–Crippen MR) is 112 cm³/mol. The molecule has 3 aromatic rings. The maximum atomic E-state index is 6.08. The summed E-state index contributed by atoms with van der Waals surface area (Å²) in [6, 6.07) is 7.80.